The van der Waals surface area contributed by atoms with E-state index in [4.69, 9.17) is 0 Å². The van der Waals surface area contributed by atoms with E-state index in [1.807, 2.05) is 0 Å². The van der Waals surface area contributed by atoms with Crippen LogP contribution in [-0.2, 0) is 0 Å². The van der Waals surface area contributed by atoms with Crippen molar-refractivity contribution in [2.75, 3.05) is 0 Å². The molecule has 1 aliphatic rings. The van der Waals surface area contributed by atoms with Gasteiger partial charge in [0.25, 0.3) is 0 Å². The monoisotopic (exact) mass is 499 g/mol. The van der Waals surface area contributed by atoms with Gasteiger partial charge in [-0.3, -0.25) is 0 Å². The van der Waals surface area contributed by atoms with E-state index in [2.05, 4.69) is 156 Å². The van der Waals surface area contributed by atoms with Crippen LogP contribution in [0.25, 0.3) is 44.3 Å². The third-order valence-electron chi connectivity index (χ3n) is 8.25. The van der Waals surface area contributed by atoms with Crippen LogP contribution in [0.2, 0.25) is 0 Å². The van der Waals surface area contributed by atoms with Gasteiger partial charge in [0.1, 0.15) is 0 Å². The van der Waals surface area contributed by atoms with Gasteiger partial charge in [-0.05, 0) is 44.7 Å². The number of fused-ring (bicyclic) bond motifs is 5. The molecule has 0 unspecified atom stereocenters. The van der Waals surface area contributed by atoms with E-state index >= 15 is 0 Å². The smallest absolute Gasteiger partial charge is 0.173 e. The van der Waals surface area contributed by atoms with Gasteiger partial charge in [-0.2, -0.15) is 0 Å². The zero-order chi connectivity index (χ0) is 25.1. The molecule has 8 rings (SSSR count). The number of aromatic nitrogens is 1. The van der Waals surface area contributed by atoms with Crippen molar-refractivity contribution in [3.8, 4) is 5.69 Å². The Kier molecular flexibility index (Phi) is 4.61. The molecule has 0 amide bonds. The van der Waals surface area contributed by atoms with Gasteiger partial charge in [-0.15, -0.1) is 0 Å². The zero-order valence-electron chi connectivity index (χ0n) is 20.9. The van der Waals surface area contributed by atoms with Crippen LogP contribution in [0.5, 0.6) is 0 Å². The van der Waals surface area contributed by atoms with Crippen molar-refractivity contribution in [1.29, 1.82) is 0 Å². The normalized spacial score (nSPS) is 13.9. The van der Waals surface area contributed by atoms with Crippen molar-refractivity contribution < 1.29 is 0 Å². The lowest BCUT2D eigenvalue weighted by atomic mass is 10.1. The standard InChI is InChI=1S/C36H25NSi/c1-3-14-28(15-4-1)38(29-16-5-2-6-17-29)23-22-27-24-35-32(25-36(27)38)31-19-9-10-20-34(31)37(35)33-21-11-13-26-12-7-8-18-30(26)33/h1-25H. The fourth-order valence-corrected chi connectivity index (χ4v) is 10.9. The average Bonchev–Trinajstić information content (AvgIpc) is 3.53. The van der Waals surface area contributed by atoms with Crippen molar-refractivity contribution in [3.05, 3.63) is 151 Å². The summed E-state index contributed by atoms with van der Waals surface area (Å²) in [5, 5.41) is 9.48. The number of hydrogen-bond donors (Lipinski definition) is 0. The second-order valence-corrected chi connectivity index (χ2v) is 13.8. The van der Waals surface area contributed by atoms with Crippen molar-refractivity contribution in [1.82, 2.24) is 4.57 Å². The molecule has 0 N–H and O–H groups in total. The van der Waals surface area contributed by atoms with Crippen molar-refractivity contribution >= 4 is 62.3 Å². The molecule has 178 valence electrons. The first kappa shape index (κ1) is 21.4. The van der Waals surface area contributed by atoms with E-state index in [0.29, 0.717) is 0 Å². The van der Waals surface area contributed by atoms with Gasteiger partial charge in [0.05, 0.1) is 16.7 Å². The first-order valence-corrected chi connectivity index (χ1v) is 15.3. The van der Waals surface area contributed by atoms with E-state index in [0.717, 1.165) is 0 Å². The summed E-state index contributed by atoms with van der Waals surface area (Å²) >= 11 is 0. The van der Waals surface area contributed by atoms with Gasteiger partial charge in [0, 0.05) is 16.2 Å². The molecule has 0 bridgehead atoms. The fourth-order valence-electron chi connectivity index (χ4n) is 6.55. The Morgan fingerprint density at radius 1 is 0.474 bits per heavy atom. The second-order valence-electron chi connectivity index (χ2n) is 10.2. The third kappa shape index (κ3) is 2.92. The predicted octanol–water partition coefficient (Wildman–Crippen LogP) is 6.97. The maximum absolute atomic E-state index is 2.53. The summed E-state index contributed by atoms with van der Waals surface area (Å²) in [4.78, 5) is 0. The molecule has 0 fully saturated rings. The minimum atomic E-state index is -2.31. The Morgan fingerprint density at radius 3 is 1.87 bits per heavy atom. The predicted molar refractivity (Wildman–Crippen MR) is 165 cm³/mol. The minimum Gasteiger partial charge on any atom is -0.309 e. The average molecular weight is 500 g/mol. The Labute approximate surface area is 222 Å². The number of benzene rings is 6. The molecule has 0 spiro atoms. The molecule has 0 atom stereocenters. The first-order valence-electron chi connectivity index (χ1n) is 13.2. The first-order chi connectivity index (χ1) is 18.8. The lowest BCUT2D eigenvalue weighted by molar-refractivity contribution is 1.20. The molecule has 1 aromatic heterocycles. The van der Waals surface area contributed by atoms with E-state index < -0.39 is 8.07 Å². The zero-order valence-corrected chi connectivity index (χ0v) is 21.9. The topological polar surface area (TPSA) is 4.93 Å². The van der Waals surface area contributed by atoms with Crippen LogP contribution in [0.3, 0.4) is 0 Å². The van der Waals surface area contributed by atoms with Crippen LogP contribution < -0.4 is 15.6 Å². The molecular weight excluding hydrogens is 474 g/mol. The molecule has 7 aromatic rings. The molecule has 0 saturated carbocycles. The van der Waals surface area contributed by atoms with E-state index in [9.17, 15) is 0 Å². The Hall–Kier alpha value is -4.66. The summed E-state index contributed by atoms with van der Waals surface area (Å²) in [5.74, 6) is 0. The van der Waals surface area contributed by atoms with Gasteiger partial charge in [0.15, 0.2) is 8.07 Å². The van der Waals surface area contributed by atoms with Crippen LogP contribution in [0.4, 0.5) is 0 Å². The van der Waals surface area contributed by atoms with Gasteiger partial charge in [-0.1, -0.05) is 133 Å². The van der Waals surface area contributed by atoms with E-state index in [-0.39, 0.29) is 0 Å². The Balaban J connectivity index is 1.49. The summed E-state index contributed by atoms with van der Waals surface area (Å²) in [6, 6.07) is 51.4. The molecule has 1 aliphatic heterocycles. The molecule has 2 heteroatoms. The van der Waals surface area contributed by atoms with Crippen LogP contribution in [-0.4, -0.2) is 12.6 Å². The van der Waals surface area contributed by atoms with E-state index in [1.54, 1.807) is 0 Å². The summed E-state index contributed by atoms with van der Waals surface area (Å²) in [6.45, 7) is 0. The summed E-state index contributed by atoms with van der Waals surface area (Å²) in [5.41, 5.74) is 7.60. The van der Waals surface area contributed by atoms with Gasteiger partial charge in [-0.25, -0.2) is 0 Å². The molecule has 2 heterocycles. The SMILES string of the molecule is C1=C[Si](c2ccccc2)(c2ccccc2)c2cc3c4ccccc4n(-c4cccc5ccccc45)c3cc21. The quantitative estimate of drug-likeness (QED) is 0.231. The third-order valence-corrected chi connectivity index (χ3v) is 12.7. The molecule has 0 saturated heterocycles. The lowest BCUT2D eigenvalue weighted by Crippen LogP contribution is -2.65. The molecule has 0 aliphatic carbocycles. The minimum absolute atomic E-state index is 1.23. The summed E-state index contributed by atoms with van der Waals surface area (Å²) in [7, 11) is -2.31. The number of nitrogens with zero attached hydrogens (tertiary/aromatic N) is 1. The summed E-state index contributed by atoms with van der Waals surface area (Å²) in [6.07, 6.45) is 2.38. The fraction of sp³-hybridized carbons (Fsp3) is 0. The molecule has 1 nitrogen and oxygen atoms in total. The number of rotatable bonds is 3. The highest BCUT2D eigenvalue weighted by Gasteiger charge is 2.41. The highest BCUT2D eigenvalue weighted by Crippen LogP contribution is 2.36. The Bertz CT molecular complexity index is 1970. The van der Waals surface area contributed by atoms with Crippen LogP contribution in [0.15, 0.2) is 145 Å². The van der Waals surface area contributed by atoms with Gasteiger partial charge in [0.2, 0.25) is 0 Å². The largest absolute Gasteiger partial charge is 0.309 e. The van der Waals surface area contributed by atoms with Crippen LogP contribution in [0, 0.1) is 0 Å². The van der Waals surface area contributed by atoms with Crippen molar-refractivity contribution in [3.63, 3.8) is 0 Å². The van der Waals surface area contributed by atoms with Gasteiger partial charge >= 0.3 is 0 Å². The van der Waals surface area contributed by atoms with Crippen LogP contribution >= 0.6 is 0 Å². The molecular formula is C36H25NSi. The lowest BCUT2D eigenvalue weighted by Gasteiger charge is -2.28. The summed E-state index contributed by atoms with van der Waals surface area (Å²) < 4.78 is 2.47. The second kappa shape index (κ2) is 8.17. The molecule has 0 radical (unpaired) electrons. The number of para-hydroxylation sites is 1. The van der Waals surface area contributed by atoms with E-state index in [1.165, 1.54) is 59.4 Å². The number of hydrogen-bond acceptors (Lipinski definition) is 0. The maximum Gasteiger partial charge on any atom is 0.173 e. The Morgan fingerprint density at radius 2 is 1.11 bits per heavy atom. The van der Waals surface area contributed by atoms with Crippen LogP contribution in [0.1, 0.15) is 5.56 Å². The molecule has 38 heavy (non-hydrogen) atoms. The maximum atomic E-state index is 2.53. The highest BCUT2D eigenvalue weighted by atomic mass is 28.3. The van der Waals surface area contributed by atoms with Crippen molar-refractivity contribution in [2.45, 2.75) is 0 Å². The highest BCUT2D eigenvalue weighted by molar-refractivity contribution is 7.16. The molecule has 6 aromatic carbocycles. The van der Waals surface area contributed by atoms with Crippen molar-refractivity contribution in [2.24, 2.45) is 0 Å². The van der Waals surface area contributed by atoms with Gasteiger partial charge < -0.3 is 4.57 Å².